The standard InChI is InChI=1S/C27H20O2Te/c28-27-23(18-19-10-3-1-4-11-19)26(25(29-27)21-13-5-2-6-14-21)30-24-17-9-15-20-12-7-8-16-22(20)24/h1-17,25H,18H2. The first kappa shape index (κ1) is 19.1. The molecular weight excluding hydrogens is 484 g/mol. The zero-order chi connectivity index (χ0) is 20.3. The van der Waals surface area contributed by atoms with E-state index >= 15 is 0 Å². The Morgan fingerprint density at radius 1 is 0.733 bits per heavy atom. The SMILES string of the molecule is O=C1OC(c2ccccc2)C([Te]c2cccc3ccccc23)=C1Cc1ccccc1. The Hall–Kier alpha value is -2.86. The van der Waals surface area contributed by atoms with Gasteiger partial charge in [-0.3, -0.25) is 0 Å². The maximum absolute atomic E-state index is 13.0. The van der Waals surface area contributed by atoms with Crippen molar-refractivity contribution in [2.24, 2.45) is 0 Å². The Labute approximate surface area is 186 Å². The molecule has 0 fully saturated rings. The van der Waals surface area contributed by atoms with Gasteiger partial charge in [-0.15, -0.1) is 0 Å². The van der Waals surface area contributed by atoms with Crippen LogP contribution in [-0.2, 0) is 16.0 Å². The van der Waals surface area contributed by atoms with Crippen LogP contribution in [0.25, 0.3) is 10.8 Å². The number of carbonyl (C=O) groups is 1. The quantitative estimate of drug-likeness (QED) is 0.284. The predicted molar refractivity (Wildman–Crippen MR) is 122 cm³/mol. The van der Waals surface area contributed by atoms with Crippen LogP contribution in [0.15, 0.2) is 112 Å². The van der Waals surface area contributed by atoms with Crippen LogP contribution in [0, 0.1) is 0 Å². The molecule has 2 nitrogen and oxygen atoms in total. The van der Waals surface area contributed by atoms with E-state index in [1.54, 1.807) is 0 Å². The van der Waals surface area contributed by atoms with Crippen LogP contribution in [0.4, 0.5) is 0 Å². The van der Waals surface area contributed by atoms with Crippen LogP contribution in [0.1, 0.15) is 17.2 Å². The van der Waals surface area contributed by atoms with Crippen molar-refractivity contribution in [3.8, 4) is 0 Å². The van der Waals surface area contributed by atoms with Crippen LogP contribution in [-0.4, -0.2) is 26.9 Å². The predicted octanol–water partition coefficient (Wildman–Crippen LogP) is 4.96. The van der Waals surface area contributed by atoms with Gasteiger partial charge in [0.2, 0.25) is 0 Å². The van der Waals surface area contributed by atoms with Crippen molar-refractivity contribution in [2.45, 2.75) is 12.5 Å². The third-order valence-electron chi connectivity index (χ3n) is 5.30. The number of cyclic esters (lactones) is 1. The Balaban J connectivity index is 1.61. The molecule has 1 atom stereocenters. The second kappa shape index (κ2) is 8.48. The van der Waals surface area contributed by atoms with Gasteiger partial charge in [-0.05, 0) is 0 Å². The third-order valence-corrected chi connectivity index (χ3v) is 8.89. The average Bonchev–Trinajstić information content (AvgIpc) is 3.10. The van der Waals surface area contributed by atoms with Gasteiger partial charge in [-0.1, -0.05) is 0 Å². The van der Waals surface area contributed by atoms with Crippen molar-refractivity contribution < 1.29 is 9.53 Å². The first-order valence-electron chi connectivity index (χ1n) is 9.98. The summed E-state index contributed by atoms with van der Waals surface area (Å²) in [5.74, 6) is -0.173. The van der Waals surface area contributed by atoms with E-state index in [9.17, 15) is 4.79 Å². The average molecular weight is 504 g/mol. The van der Waals surface area contributed by atoms with Gasteiger partial charge in [-0.2, -0.15) is 0 Å². The van der Waals surface area contributed by atoms with E-state index in [1.165, 1.54) is 18.0 Å². The molecule has 4 aromatic carbocycles. The molecule has 30 heavy (non-hydrogen) atoms. The maximum atomic E-state index is 13.0. The molecule has 1 unspecified atom stereocenters. The summed E-state index contributed by atoms with van der Waals surface area (Å²) in [6, 6.07) is 35.3. The van der Waals surface area contributed by atoms with Crippen molar-refractivity contribution in [1.29, 1.82) is 0 Å². The molecule has 5 rings (SSSR count). The molecule has 0 saturated heterocycles. The van der Waals surface area contributed by atoms with E-state index in [2.05, 4.69) is 66.7 Å². The third kappa shape index (κ3) is 3.79. The molecule has 0 bridgehead atoms. The normalized spacial score (nSPS) is 16.1. The number of rotatable bonds is 5. The molecule has 0 aromatic heterocycles. The van der Waals surface area contributed by atoms with Gasteiger partial charge in [0.1, 0.15) is 0 Å². The van der Waals surface area contributed by atoms with E-state index in [4.69, 9.17) is 4.74 Å². The Kier molecular flexibility index (Phi) is 5.41. The van der Waals surface area contributed by atoms with Crippen LogP contribution in [0.5, 0.6) is 0 Å². The minimum atomic E-state index is -0.807. The van der Waals surface area contributed by atoms with E-state index < -0.39 is 20.9 Å². The fourth-order valence-corrected chi connectivity index (χ4v) is 7.38. The Bertz CT molecular complexity index is 1220. The van der Waals surface area contributed by atoms with Crippen LogP contribution in [0.2, 0.25) is 0 Å². The molecule has 0 radical (unpaired) electrons. The van der Waals surface area contributed by atoms with E-state index in [0.717, 1.165) is 16.7 Å². The number of ether oxygens (including phenoxy) is 1. The van der Waals surface area contributed by atoms with Crippen molar-refractivity contribution in [1.82, 2.24) is 0 Å². The Morgan fingerprint density at radius 3 is 2.20 bits per heavy atom. The number of hydrogen-bond acceptors (Lipinski definition) is 2. The van der Waals surface area contributed by atoms with Crippen molar-refractivity contribution >= 4 is 41.3 Å². The fourth-order valence-electron chi connectivity index (χ4n) is 3.82. The molecule has 1 aliphatic rings. The molecule has 4 aromatic rings. The zero-order valence-corrected chi connectivity index (χ0v) is 18.7. The molecule has 0 spiro atoms. The summed E-state index contributed by atoms with van der Waals surface area (Å²) in [7, 11) is 0. The molecule has 0 aliphatic carbocycles. The fraction of sp³-hybridized carbons (Fsp3) is 0.0741. The monoisotopic (exact) mass is 506 g/mol. The Morgan fingerprint density at radius 2 is 1.40 bits per heavy atom. The summed E-state index contributed by atoms with van der Waals surface area (Å²) in [6.07, 6.45) is 0.340. The minimum absolute atomic E-state index is 0.173. The van der Waals surface area contributed by atoms with Crippen molar-refractivity contribution in [2.75, 3.05) is 0 Å². The van der Waals surface area contributed by atoms with Crippen molar-refractivity contribution in [3.63, 3.8) is 0 Å². The van der Waals surface area contributed by atoms with Gasteiger partial charge in [0.25, 0.3) is 0 Å². The van der Waals surface area contributed by atoms with Crippen LogP contribution in [0.3, 0.4) is 0 Å². The molecule has 1 aliphatic heterocycles. The van der Waals surface area contributed by atoms with E-state index in [-0.39, 0.29) is 12.1 Å². The van der Waals surface area contributed by atoms with Crippen molar-refractivity contribution in [3.05, 3.63) is 123 Å². The van der Waals surface area contributed by atoms with Gasteiger partial charge >= 0.3 is 187 Å². The number of esters is 1. The first-order chi connectivity index (χ1) is 14.8. The van der Waals surface area contributed by atoms with Gasteiger partial charge < -0.3 is 0 Å². The van der Waals surface area contributed by atoms with Crippen LogP contribution < -0.4 is 3.61 Å². The van der Waals surface area contributed by atoms with E-state index in [1.807, 2.05) is 36.4 Å². The molecule has 146 valence electrons. The summed E-state index contributed by atoms with van der Waals surface area (Å²) in [5.41, 5.74) is 3.03. The second-order valence-corrected chi connectivity index (χ2v) is 10.4. The van der Waals surface area contributed by atoms with Gasteiger partial charge in [0.15, 0.2) is 0 Å². The summed E-state index contributed by atoms with van der Waals surface area (Å²) in [6.45, 7) is 0. The van der Waals surface area contributed by atoms with Gasteiger partial charge in [0, 0.05) is 0 Å². The number of benzene rings is 4. The van der Waals surface area contributed by atoms with E-state index in [0.29, 0.717) is 6.42 Å². The number of carbonyl (C=O) groups excluding carboxylic acids is 1. The number of fused-ring (bicyclic) bond motifs is 1. The van der Waals surface area contributed by atoms with Gasteiger partial charge in [-0.25, -0.2) is 0 Å². The topological polar surface area (TPSA) is 26.3 Å². The zero-order valence-electron chi connectivity index (χ0n) is 16.3. The summed E-state index contributed by atoms with van der Waals surface area (Å²) in [4.78, 5) is 13.0. The second-order valence-electron chi connectivity index (χ2n) is 7.28. The molecule has 0 amide bonds. The van der Waals surface area contributed by atoms with Crippen LogP contribution >= 0.6 is 0 Å². The first-order valence-corrected chi connectivity index (χ1v) is 12.3. The molecule has 3 heteroatoms. The molecule has 0 saturated carbocycles. The molecule has 1 heterocycles. The number of hydrogen-bond donors (Lipinski definition) is 0. The van der Waals surface area contributed by atoms with Gasteiger partial charge in [0.05, 0.1) is 0 Å². The summed E-state index contributed by atoms with van der Waals surface area (Å²) in [5, 5.41) is 2.52. The summed E-state index contributed by atoms with van der Waals surface area (Å²) >= 11 is -0.807. The molecule has 0 N–H and O–H groups in total. The molecular formula is C27H20O2Te. The summed E-state index contributed by atoms with van der Waals surface area (Å²) < 4.78 is 8.49.